The van der Waals surface area contributed by atoms with Crippen LogP contribution in [0.25, 0.3) is 0 Å². The van der Waals surface area contributed by atoms with Gasteiger partial charge in [0.1, 0.15) is 0 Å². The van der Waals surface area contributed by atoms with Gasteiger partial charge in [0.05, 0.1) is 28.8 Å². The second-order valence-corrected chi connectivity index (χ2v) is 3.28. The van der Waals surface area contributed by atoms with Crippen molar-refractivity contribution in [3.05, 3.63) is 33.8 Å². The van der Waals surface area contributed by atoms with Gasteiger partial charge >= 0.3 is 5.97 Å². The first-order valence-corrected chi connectivity index (χ1v) is 4.87. The fourth-order valence-corrected chi connectivity index (χ4v) is 1.51. The zero-order valence-corrected chi connectivity index (χ0v) is 9.25. The van der Waals surface area contributed by atoms with Gasteiger partial charge in [-0.25, -0.2) is 4.79 Å². The highest BCUT2D eigenvalue weighted by atomic mass is 35.5. The first-order valence-electron chi connectivity index (χ1n) is 4.50. The third kappa shape index (κ3) is 2.38. The summed E-state index contributed by atoms with van der Waals surface area (Å²) in [5, 5.41) is 8.72. The number of esters is 1. The molecule has 1 aromatic rings. The Morgan fingerprint density at radius 3 is 2.81 bits per heavy atom. The van der Waals surface area contributed by atoms with Crippen molar-refractivity contribution >= 4 is 23.9 Å². The third-order valence-electron chi connectivity index (χ3n) is 1.86. The van der Waals surface area contributed by atoms with Crippen LogP contribution in [0.1, 0.15) is 33.2 Å². The molecular formula is C11H8ClNO3. The number of hydrogen-bond donors (Lipinski definition) is 0. The number of halogens is 1. The molecule has 4 nitrogen and oxygen atoms in total. The second kappa shape index (κ2) is 5.29. The van der Waals surface area contributed by atoms with Gasteiger partial charge in [-0.05, 0) is 19.1 Å². The number of ether oxygens (including phenoxy) is 1. The summed E-state index contributed by atoms with van der Waals surface area (Å²) in [7, 11) is 0. The first kappa shape index (κ1) is 12.2. The number of aldehydes is 1. The Labute approximate surface area is 97.4 Å². The molecule has 0 heterocycles. The molecule has 82 valence electrons. The van der Waals surface area contributed by atoms with Crippen molar-refractivity contribution in [2.45, 2.75) is 6.92 Å². The lowest BCUT2D eigenvalue weighted by Gasteiger charge is -2.06. The van der Waals surface area contributed by atoms with E-state index in [4.69, 9.17) is 21.6 Å². The summed E-state index contributed by atoms with van der Waals surface area (Å²) in [6, 6.07) is 4.46. The molecule has 0 unspecified atom stereocenters. The van der Waals surface area contributed by atoms with Gasteiger partial charge in [-0.3, -0.25) is 4.79 Å². The molecule has 0 saturated carbocycles. The van der Waals surface area contributed by atoms with Crippen LogP contribution in [0, 0.1) is 11.3 Å². The van der Waals surface area contributed by atoms with Crippen molar-refractivity contribution in [3.63, 3.8) is 0 Å². The van der Waals surface area contributed by atoms with E-state index in [-0.39, 0.29) is 28.3 Å². The van der Waals surface area contributed by atoms with Gasteiger partial charge in [-0.2, -0.15) is 5.26 Å². The van der Waals surface area contributed by atoms with Crippen LogP contribution in [-0.4, -0.2) is 18.9 Å². The standard InChI is InChI=1S/C11H8ClNO3/c1-2-16-11(15)10-8(6-14)3-7(5-13)4-9(10)12/h3-4,6H,2H2,1H3. The fourth-order valence-electron chi connectivity index (χ4n) is 1.20. The Morgan fingerprint density at radius 1 is 1.62 bits per heavy atom. The Kier molecular flexibility index (Phi) is 4.03. The van der Waals surface area contributed by atoms with E-state index in [1.165, 1.54) is 12.1 Å². The Morgan fingerprint density at radius 2 is 2.31 bits per heavy atom. The second-order valence-electron chi connectivity index (χ2n) is 2.87. The predicted molar refractivity (Wildman–Crippen MR) is 57.5 cm³/mol. The minimum atomic E-state index is -0.668. The van der Waals surface area contributed by atoms with Crippen molar-refractivity contribution in [1.82, 2.24) is 0 Å². The maximum atomic E-state index is 11.5. The monoisotopic (exact) mass is 237 g/mol. The molecule has 0 atom stereocenters. The molecule has 16 heavy (non-hydrogen) atoms. The lowest BCUT2D eigenvalue weighted by atomic mass is 10.1. The van der Waals surface area contributed by atoms with Crippen LogP contribution in [0.4, 0.5) is 0 Å². The molecule has 0 radical (unpaired) electrons. The molecule has 0 aliphatic carbocycles. The molecule has 0 spiro atoms. The number of nitrogens with zero attached hydrogens (tertiary/aromatic N) is 1. The van der Waals surface area contributed by atoms with Crippen LogP contribution in [-0.2, 0) is 4.74 Å². The highest BCUT2D eigenvalue weighted by Gasteiger charge is 2.17. The van der Waals surface area contributed by atoms with Gasteiger partial charge in [0, 0.05) is 5.56 Å². The average Bonchev–Trinajstić information content (AvgIpc) is 2.27. The van der Waals surface area contributed by atoms with Crippen molar-refractivity contribution in [3.8, 4) is 6.07 Å². The van der Waals surface area contributed by atoms with Gasteiger partial charge in [-0.15, -0.1) is 0 Å². The van der Waals surface area contributed by atoms with Crippen LogP contribution in [0.2, 0.25) is 5.02 Å². The van der Waals surface area contributed by atoms with Crippen molar-refractivity contribution in [2.75, 3.05) is 6.61 Å². The lowest BCUT2D eigenvalue weighted by Crippen LogP contribution is -2.09. The third-order valence-corrected chi connectivity index (χ3v) is 2.15. The molecule has 0 aliphatic heterocycles. The molecule has 0 saturated heterocycles. The van der Waals surface area contributed by atoms with Crippen LogP contribution >= 0.6 is 11.6 Å². The maximum absolute atomic E-state index is 11.5. The quantitative estimate of drug-likeness (QED) is 0.597. The largest absolute Gasteiger partial charge is 0.462 e. The number of nitriles is 1. The van der Waals surface area contributed by atoms with E-state index in [1.807, 2.05) is 6.07 Å². The first-order chi connectivity index (χ1) is 7.63. The minimum absolute atomic E-state index is 0.00230. The van der Waals surface area contributed by atoms with E-state index in [1.54, 1.807) is 6.92 Å². The van der Waals surface area contributed by atoms with E-state index < -0.39 is 5.97 Å². The zero-order valence-electron chi connectivity index (χ0n) is 8.49. The Hall–Kier alpha value is -1.86. The van der Waals surface area contributed by atoms with Gasteiger partial charge in [0.15, 0.2) is 6.29 Å². The summed E-state index contributed by atoms with van der Waals surface area (Å²) in [4.78, 5) is 22.3. The highest BCUT2D eigenvalue weighted by molar-refractivity contribution is 6.34. The smallest absolute Gasteiger partial charge is 0.340 e. The summed E-state index contributed by atoms with van der Waals surface area (Å²) in [5.41, 5.74) is 0.278. The summed E-state index contributed by atoms with van der Waals surface area (Å²) in [5.74, 6) is -0.668. The van der Waals surface area contributed by atoms with E-state index in [0.29, 0.717) is 6.29 Å². The predicted octanol–water partition coefficient (Wildman–Crippen LogP) is 2.20. The van der Waals surface area contributed by atoms with Crippen molar-refractivity contribution < 1.29 is 14.3 Å². The fraction of sp³-hybridized carbons (Fsp3) is 0.182. The number of benzene rings is 1. The Bertz CT molecular complexity index is 477. The van der Waals surface area contributed by atoms with E-state index in [2.05, 4.69) is 0 Å². The number of carbonyl (C=O) groups is 2. The van der Waals surface area contributed by atoms with Gasteiger partial charge < -0.3 is 4.74 Å². The lowest BCUT2D eigenvalue weighted by molar-refractivity contribution is 0.0524. The van der Waals surface area contributed by atoms with Crippen molar-refractivity contribution in [1.29, 1.82) is 5.26 Å². The molecule has 0 aliphatic rings. The summed E-state index contributed by atoms with van der Waals surface area (Å²) in [6.07, 6.45) is 0.471. The molecule has 1 rings (SSSR count). The molecule has 5 heteroatoms. The highest BCUT2D eigenvalue weighted by Crippen LogP contribution is 2.22. The van der Waals surface area contributed by atoms with Gasteiger partial charge in [0.2, 0.25) is 0 Å². The summed E-state index contributed by atoms with van der Waals surface area (Å²) in [6.45, 7) is 1.84. The maximum Gasteiger partial charge on any atom is 0.340 e. The SMILES string of the molecule is CCOC(=O)c1c(Cl)cc(C#N)cc1C=O. The summed E-state index contributed by atoms with van der Waals surface area (Å²) >= 11 is 5.81. The molecule has 0 N–H and O–H groups in total. The molecular weight excluding hydrogens is 230 g/mol. The van der Waals surface area contributed by atoms with Crippen LogP contribution in [0.5, 0.6) is 0 Å². The zero-order chi connectivity index (χ0) is 12.1. The number of carbonyl (C=O) groups excluding carboxylic acids is 2. The van der Waals surface area contributed by atoms with E-state index in [9.17, 15) is 9.59 Å². The molecule has 1 aromatic carbocycles. The Balaban J connectivity index is 3.33. The van der Waals surface area contributed by atoms with Crippen molar-refractivity contribution in [2.24, 2.45) is 0 Å². The van der Waals surface area contributed by atoms with E-state index in [0.717, 1.165) is 0 Å². The van der Waals surface area contributed by atoms with E-state index >= 15 is 0 Å². The van der Waals surface area contributed by atoms with Crippen LogP contribution < -0.4 is 0 Å². The average molecular weight is 238 g/mol. The minimum Gasteiger partial charge on any atom is -0.462 e. The number of rotatable bonds is 3. The van der Waals surface area contributed by atoms with Crippen LogP contribution in [0.15, 0.2) is 12.1 Å². The topological polar surface area (TPSA) is 67.2 Å². The normalized spacial score (nSPS) is 9.31. The van der Waals surface area contributed by atoms with Gasteiger partial charge in [-0.1, -0.05) is 11.6 Å². The van der Waals surface area contributed by atoms with Crippen LogP contribution in [0.3, 0.4) is 0 Å². The molecule has 0 bridgehead atoms. The molecule has 0 aromatic heterocycles. The summed E-state index contributed by atoms with van der Waals surface area (Å²) < 4.78 is 4.76. The van der Waals surface area contributed by atoms with Gasteiger partial charge in [0.25, 0.3) is 0 Å². The number of hydrogen-bond acceptors (Lipinski definition) is 4. The molecule has 0 amide bonds. The molecule has 0 fully saturated rings.